The summed E-state index contributed by atoms with van der Waals surface area (Å²) in [6.45, 7) is 7.98. The molecule has 0 radical (unpaired) electrons. The summed E-state index contributed by atoms with van der Waals surface area (Å²) in [6.07, 6.45) is 1.58. The summed E-state index contributed by atoms with van der Waals surface area (Å²) in [5, 5.41) is 12.1. The van der Waals surface area contributed by atoms with Crippen molar-refractivity contribution in [3.8, 4) is 0 Å². The van der Waals surface area contributed by atoms with Crippen LogP contribution in [-0.2, 0) is 27.6 Å². The Kier molecular flexibility index (Phi) is 9.78. The largest absolute Gasteiger partial charge is 0.459 e. The normalized spacial score (nSPS) is 10.8. The number of rotatable bonds is 12. The maximum absolute atomic E-state index is 12.5. The predicted octanol–water partition coefficient (Wildman–Crippen LogP) is 5.19. The van der Waals surface area contributed by atoms with E-state index in [9.17, 15) is 9.59 Å². The maximum Gasteiger partial charge on any atom is 0.338 e. The number of hydrogen-bond acceptors (Lipinski definition) is 7. The third-order valence-electron chi connectivity index (χ3n) is 4.50. The number of esters is 1. The average molecular weight is 497 g/mol. The Morgan fingerprint density at radius 1 is 1.12 bits per heavy atom. The number of thioether (sulfide) groups is 2. The van der Waals surface area contributed by atoms with Crippen molar-refractivity contribution < 1.29 is 14.3 Å². The third kappa shape index (κ3) is 7.78. The van der Waals surface area contributed by atoms with Crippen LogP contribution in [0.4, 0.5) is 5.69 Å². The zero-order valence-electron chi connectivity index (χ0n) is 19.3. The quantitative estimate of drug-likeness (QED) is 0.210. The number of nitrogens with one attached hydrogen (secondary N) is 1. The van der Waals surface area contributed by atoms with Gasteiger partial charge in [0.1, 0.15) is 5.82 Å². The summed E-state index contributed by atoms with van der Waals surface area (Å²) in [5.41, 5.74) is 2.19. The maximum atomic E-state index is 12.5. The van der Waals surface area contributed by atoms with Gasteiger partial charge in [-0.15, -0.1) is 28.5 Å². The van der Waals surface area contributed by atoms with E-state index in [1.54, 1.807) is 56.0 Å². The highest BCUT2D eigenvalue weighted by atomic mass is 32.2. The second kappa shape index (κ2) is 13.0. The van der Waals surface area contributed by atoms with E-state index in [2.05, 4.69) is 34.2 Å². The van der Waals surface area contributed by atoms with Crippen molar-refractivity contribution in [3.63, 3.8) is 0 Å². The first-order valence-corrected chi connectivity index (χ1v) is 13.0. The number of allylic oxidation sites excluding steroid dienone is 1. The summed E-state index contributed by atoms with van der Waals surface area (Å²) in [6, 6.07) is 17.0. The lowest BCUT2D eigenvalue weighted by atomic mass is 10.2. The van der Waals surface area contributed by atoms with Gasteiger partial charge < -0.3 is 14.6 Å². The molecule has 3 rings (SSSR count). The molecule has 0 aliphatic rings. The second-order valence-corrected chi connectivity index (χ2v) is 9.58. The first-order chi connectivity index (χ1) is 16.5. The summed E-state index contributed by atoms with van der Waals surface area (Å²) in [7, 11) is 0. The molecule has 0 saturated carbocycles. The average Bonchev–Trinajstić information content (AvgIpc) is 3.20. The van der Waals surface area contributed by atoms with Crippen molar-refractivity contribution in [2.45, 2.75) is 43.2 Å². The molecule has 1 heterocycles. The van der Waals surface area contributed by atoms with E-state index in [1.165, 1.54) is 17.3 Å². The van der Waals surface area contributed by atoms with Crippen LogP contribution in [0.3, 0.4) is 0 Å². The molecule has 0 unspecified atom stereocenters. The highest BCUT2D eigenvalue weighted by Gasteiger charge is 2.15. The van der Waals surface area contributed by atoms with Crippen molar-refractivity contribution in [1.29, 1.82) is 0 Å². The standard InChI is InChI=1S/C25H28N4O3S2/c1-4-13-29-22(16-33-15-19-9-6-5-7-10-19)27-28-25(29)34-17-23(30)26-21-12-8-11-20(14-21)24(31)32-18(2)3/h4-12,14,18H,1,13,15-17H2,2-3H3,(H,26,30). The van der Waals surface area contributed by atoms with E-state index in [0.29, 0.717) is 28.7 Å². The van der Waals surface area contributed by atoms with Crippen LogP contribution in [0, 0.1) is 0 Å². The van der Waals surface area contributed by atoms with Crippen LogP contribution in [0.1, 0.15) is 35.6 Å². The fourth-order valence-electron chi connectivity index (χ4n) is 3.01. The Morgan fingerprint density at radius 3 is 2.65 bits per heavy atom. The van der Waals surface area contributed by atoms with Crippen LogP contribution < -0.4 is 5.32 Å². The Hall–Kier alpha value is -3.04. The molecule has 1 N–H and O–H groups in total. The molecule has 7 nitrogen and oxygen atoms in total. The van der Waals surface area contributed by atoms with Crippen LogP contribution in [0.15, 0.2) is 72.4 Å². The Labute approximate surface area is 208 Å². The number of aromatic nitrogens is 3. The SMILES string of the molecule is C=CCn1c(CSCc2ccccc2)nnc1SCC(=O)Nc1cccc(C(=O)OC(C)C)c1. The van der Waals surface area contributed by atoms with E-state index >= 15 is 0 Å². The second-order valence-electron chi connectivity index (χ2n) is 7.65. The Bertz CT molecular complexity index is 1120. The van der Waals surface area contributed by atoms with E-state index < -0.39 is 5.97 Å². The van der Waals surface area contributed by atoms with Gasteiger partial charge in [0.25, 0.3) is 0 Å². The zero-order chi connectivity index (χ0) is 24.3. The molecule has 1 amide bonds. The number of hydrogen-bond donors (Lipinski definition) is 1. The van der Waals surface area contributed by atoms with Gasteiger partial charge in [0, 0.05) is 18.0 Å². The van der Waals surface area contributed by atoms with E-state index in [-0.39, 0.29) is 17.8 Å². The summed E-state index contributed by atoms with van der Waals surface area (Å²) >= 11 is 3.07. The molecule has 178 valence electrons. The molecule has 0 saturated heterocycles. The van der Waals surface area contributed by atoms with E-state index in [0.717, 1.165) is 11.6 Å². The van der Waals surface area contributed by atoms with Crippen molar-refractivity contribution >= 4 is 41.1 Å². The number of carbonyl (C=O) groups is 2. The van der Waals surface area contributed by atoms with Crippen molar-refractivity contribution in [2.75, 3.05) is 11.1 Å². The van der Waals surface area contributed by atoms with E-state index in [1.807, 2.05) is 22.8 Å². The molecule has 0 spiro atoms. The molecule has 2 aromatic carbocycles. The molecule has 3 aromatic rings. The molecule has 0 aliphatic heterocycles. The number of ether oxygens (including phenoxy) is 1. The van der Waals surface area contributed by atoms with Crippen molar-refractivity contribution in [3.05, 3.63) is 84.2 Å². The van der Waals surface area contributed by atoms with Gasteiger partial charge in [-0.25, -0.2) is 4.79 Å². The van der Waals surface area contributed by atoms with Crippen LogP contribution in [0.2, 0.25) is 0 Å². The molecule has 9 heteroatoms. The molecule has 0 bridgehead atoms. The lowest BCUT2D eigenvalue weighted by molar-refractivity contribution is -0.113. The molecule has 0 aliphatic carbocycles. The Balaban J connectivity index is 1.55. The number of amides is 1. The lowest BCUT2D eigenvalue weighted by Gasteiger charge is -2.10. The molecular formula is C25H28N4O3S2. The predicted molar refractivity (Wildman–Crippen MR) is 138 cm³/mol. The van der Waals surface area contributed by atoms with Crippen LogP contribution >= 0.6 is 23.5 Å². The first-order valence-electron chi connectivity index (χ1n) is 10.8. The minimum absolute atomic E-state index is 0.160. The number of anilines is 1. The summed E-state index contributed by atoms with van der Waals surface area (Å²) in [4.78, 5) is 24.6. The van der Waals surface area contributed by atoms with Crippen LogP contribution in [-0.4, -0.2) is 38.5 Å². The Morgan fingerprint density at radius 2 is 1.91 bits per heavy atom. The van der Waals surface area contributed by atoms with Crippen molar-refractivity contribution in [1.82, 2.24) is 14.8 Å². The fraction of sp³-hybridized carbons (Fsp3) is 0.280. The lowest BCUT2D eigenvalue weighted by Crippen LogP contribution is -2.16. The van der Waals surface area contributed by atoms with Gasteiger partial charge in [-0.1, -0.05) is 54.2 Å². The molecule has 0 atom stereocenters. The van der Waals surface area contributed by atoms with Gasteiger partial charge in [-0.05, 0) is 37.6 Å². The molecule has 0 fully saturated rings. The number of benzene rings is 2. The van der Waals surface area contributed by atoms with Gasteiger partial charge in [-0.2, -0.15) is 0 Å². The highest BCUT2D eigenvalue weighted by Crippen LogP contribution is 2.22. The minimum atomic E-state index is -0.421. The topological polar surface area (TPSA) is 86.1 Å². The monoisotopic (exact) mass is 496 g/mol. The van der Waals surface area contributed by atoms with Gasteiger partial charge in [0.05, 0.1) is 23.2 Å². The summed E-state index contributed by atoms with van der Waals surface area (Å²) in [5.74, 6) is 1.98. The smallest absolute Gasteiger partial charge is 0.338 e. The van der Waals surface area contributed by atoms with Gasteiger partial charge in [0.15, 0.2) is 5.16 Å². The van der Waals surface area contributed by atoms with E-state index in [4.69, 9.17) is 4.74 Å². The number of carbonyl (C=O) groups excluding carboxylic acids is 2. The fourth-order valence-corrected chi connectivity index (χ4v) is 4.71. The van der Waals surface area contributed by atoms with Gasteiger partial charge in [-0.3, -0.25) is 4.79 Å². The van der Waals surface area contributed by atoms with Crippen LogP contribution in [0.5, 0.6) is 0 Å². The van der Waals surface area contributed by atoms with Gasteiger partial charge >= 0.3 is 5.97 Å². The zero-order valence-corrected chi connectivity index (χ0v) is 20.9. The van der Waals surface area contributed by atoms with Crippen LogP contribution in [0.25, 0.3) is 0 Å². The third-order valence-corrected chi connectivity index (χ3v) is 6.47. The molecular weight excluding hydrogens is 468 g/mol. The van der Waals surface area contributed by atoms with Gasteiger partial charge in [0.2, 0.25) is 5.91 Å². The first kappa shape index (κ1) is 25.6. The highest BCUT2D eigenvalue weighted by molar-refractivity contribution is 7.99. The molecule has 1 aromatic heterocycles. The minimum Gasteiger partial charge on any atom is -0.459 e. The summed E-state index contributed by atoms with van der Waals surface area (Å²) < 4.78 is 7.19. The van der Waals surface area contributed by atoms with Crippen molar-refractivity contribution in [2.24, 2.45) is 0 Å². The molecule has 34 heavy (non-hydrogen) atoms. The number of nitrogens with zero attached hydrogens (tertiary/aromatic N) is 3.